The summed E-state index contributed by atoms with van der Waals surface area (Å²) in [6.07, 6.45) is 5.77. The highest BCUT2D eigenvalue weighted by molar-refractivity contribution is 5.95. The van der Waals surface area contributed by atoms with Crippen molar-refractivity contribution < 1.29 is 14.3 Å². The SMILES string of the molecule is COc1cc(C(=O)N2CC[C@H]3CC[C@@H](C2)N3C)ccc1OC1CCN(C)CC1. The van der Waals surface area contributed by atoms with Crippen molar-refractivity contribution in [3.8, 4) is 11.5 Å². The van der Waals surface area contributed by atoms with Crippen molar-refractivity contribution in [3.05, 3.63) is 23.8 Å². The van der Waals surface area contributed by atoms with E-state index in [0.717, 1.165) is 51.2 Å². The number of nitrogens with zero attached hydrogens (tertiary/aromatic N) is 3. The van der Waals surface area contributed by atoms with E-state index in [-0.39, 0.29) is 12.0 Å². The van der Waals surface area contributed by atoms with Crippen LogP contribution < -0.4 is 9.47 Å². The van der Waals surface area contributed by atoms with Crippen LogP contribution in [-0.4, -0.2) is 86.2 Å². The standard InChI is InChI=1S/C22H33N3O3/c1-23-11-9-19(10-12-23)28-20-7-4-16(14-21(20)27-3)22(26)25-13-8-17-5-6-18(15-25)24(17)2/h4,7,14,17-19H,5-6,8-13,15H2,1-3H3/t17-,18+/m1/s1. The molecule has 0 aliphatic carbocycles. The Morgan fingerprint density at radius 3 is 2.46 bits per heavy atom. The van der Waals surface area contributed by atoms with Crippen LogP contribution in [0.3, 0.4) is 0 Å². The molecule has 2 bridgehead atoms. The lowest BCUT2D eigenvalue weighted by atomic mass is 10.1. The Balaban J connectivity index is 1.45. The molecule has 3 heterocycles. The van der Waals surface area contributed by atoms with E-state index < -0.39 is 0 Å². The second-order valence-corrected chi connectivity index (χ2v) is 8.58. The Morgan fingerprint density at radius 2 is 1.71 bits per heavy atom. The predicted octanol–water partition coefficient (Wildman–Crippen LogP) is 2.48. The van der Waals surface area contributed by atoms with Crippen LogP contribution in [0.15, 0.2) is 18.2 Å². The van der Waals surface area contributed by atoms with Crippen molar-refractivity contribution in [2.24, 2.45) is 0 Å². The lowest BCUT2D eigenvalue weighted by Crippen LogP contribution is -2.39. The molecule has 0 aromatic heterocycles. The lowest BCUT2D eigenvalue weighted by molar-refractivity contribution is 0.0739. The third kappa shape index (κ3) is 3.98. The Labute approximate surface area is 168 Å². The highest BCUT2D eigenvalue weighted by Crippen LogP contribution is 2.32. The van der Waals surface area contributed by atoms with Gasteiger partial charge < -0.3 is 19.3 Å². The predicted molar refractivity (Wildman–Crippen MR) is 109 cm³/mol. The second kappa shape index (κ2) is 8.29. The van der Waals surface area contributed by atoms with Gasteiger partial charge in [-0.2, -0.15) is 0 Å². The number of carbonyl (C=O) groups excluding carboxylic acids is 1. The van der Waals surface area contributed by atoms with Gasteiger partial charge in [-0.1, -0.05) is 0 Å². The number of likely N-dealkylation sites (tertiary alicyclic amines) is 2. The van der Waals surface area contributed by atoms with Gasteiger partial charge in [0, 0.05) is 43.8 Å². The third-order valence-corrected chi connectivity index (χ3v) is 6.81. The molecular formula is C22H33N3O3. The first-order chi connectivity index (χ1) is 13.5. The summed E-state index contributed by atoms with van der Waals surface area (Å²) in [6.45, 7) is 3.76. The first-order valence-electron chi connectivity index (χ1n) is 10.6. The summed E-state index contributed by atoms with van der Waals surface area (Å²) >= 11 is 0. The van der Waals surface area contributed by atoms with Crippen molar-refractivity contribution in [2.75, 3.05) is 47.4 Å². The molecule has 1 aromatic rings. The summed E-state index contributed by atoms with van der Waals surface area (Å²) < 4.78 is 11.8. The molecule has 28 heavy (non-hydrogen) atoms. The molecule has 6 heteroatoms. The second-order valence-electron chi connectivity index (χ2n) is 8.58. The van der Waals surface area contributed by atoms with Crippen molar-refractivity contribution in [2.45, 2.75) is 50.3 Å². The molecule has 0 saturated carbocycles. The molecule has 0 N–H and O–H groups in total. The molecule has 3 aliphatic rings. The normalized spacial score (nSPS) is 26.9. The zero-order chi connectivity index (χ0) is 19.7. The average Bonchev–Trinajstić information content (AvgIpc) is 2.95. The number of hydrogen-bond donors (Lipinski definition) is 0. The first-order valence-corrected chi connectivity index (χ1v) is 10.6. The van der Waals surface area contributed by atoms with E-state index in [2.05, 4.69) is 23.9 Å². The fourth-order valence-corrected chi connectivity index (χ4v) is 4.86. The number of ether oxygens (including phenoxy) is 2. The van der Waals surface area contributed by atoms with Gasteiger partial charge in [-0.3, -0.25) is 9.69 Å². The van der Waals surface area contributed by atoms with E-state index in [0.29, 0.717) is 23.4 Å². The smallest absolute Gasteiger partial charge is 0.254 e. The van der Waals surface area contributed by atoms with Crippen molar-refractivity contribution in [1.29, 1.82) is 0 Å². The van der Waals surface area contributed by atoms with Crippen molar-refractivity contribution in [1.82, 2.24) is 14.7 Å². The first kappa shape index (κ1) is 19.5. The fraction of sp³-hybridized carbons (Fsp3) is 0.682. The number of fused-ring (bicyclic) bond motifs is 2. The molecule has 2 atom stereocenters. The van der Waals surface area contributed by atoms with E-state index in [1.54, 1.807) is 7.11 Å². The number of carbonyl (C=O) groups is 1. The third-order valence-electron chi connectivity index (χ3n) is 6.81. The summed E-state index contributed by atoms with van der Waals surface area (Å²) in [6, 6.07) is 6.76. The van der Waals surface area contributed by atoms with Crippen LogP contribution in [0.5, 0.6) is 11.5 Å². The minimum atomic E-state index is 0.102. The van der Waals surface area contributed by atoms with Gasteiger partial charge in [0.2, 0.25) is 0 Å². The Hall–Kier alpha value is -1.79. The molecule has 3 aliphatic heterocycles. The minimum Gasteiger partial charge on any atom is -0.493 e. The molecule has 154 valence electrons. The number of hydrogen-bond acceptors (Lipinski definition) is 5. The fourth-order valence-electron chi connectivity index (χ4n) is 4.86. The van der Waals surface area contributed by atoms with Crippen LogP contribution in [0.4, 0.5) is 0 Å². The molecule has 1 aromatic carbocycles. The van der Waals surface area contributed by atoms with E-state index in [4.69, 9.17) is 9.47 Å². The number of benzene rings is 1. The average molecular weight is 388 g/mol. The number of rotatable bonds is 4. The molecule has 0 spiro atoms. The summed E-state index contributed by atoms with van der Waals surface area (Å²) in [4.78, 5) is 20.0. The molecule has 1 amide bonds. The van der Waals surface area contributed by atoms with Crippen molar-refractivity contribution in [3.63, 3.8) is 0 Å². The summed E-state index contributed by atoms with van der Waals surface area (Å²) in [5.74, 6) is 1.49. The Bertz CT molecular complexity index is 702. The van der Waals surface area contributed by atoms with Crippen LogP contribution in [0, 0.1) is 0 Å². The van der Waals surface area contributed by atoms with Crippen LogP contribution in [-0.2, 0) is 0 Å². The lowest BCUT2D eigenvalue weighted by Gasteiger charge is -2.30. The van der Waals surface area contributed by atoms with Gasteiger partial charge in [-0.05, 0) is 64.4 Å². The highest BCUT2D eigenvalue weighted by Gasteiger charge is 2.36. The quantitative estimate of drug-likeness (QED) is 0.794. The zero-order valence-corrected chi connectivity index (χ0v) is 17.4. The number of piperidine rings is 1. The Morgan fingerprint density at radius 1 is 0.964 bits per heavy atom. The van der Waals surface area contributed by atoms with E-state index in [1.807, 2.05) is 23.1 Å². The molecule has 3 fully saturated rings. The van der Waals surface area contributed by atoms with E-state index in [1.165, 1.54) is 12.8 Å². The summed E-state index contributed by atoms with van der Waals surface area (Å²) in [5, 5.41) is 0. The Kier molecular flexibility index (Phi) is 5.78. The maximum absolute atomic E-state index is 13.1. The van der Waals surface area contributed by atoms with Gasteiger partial charge in [0.05, 0.1) is 7.11 Å². The largest absolute Gasteiger partial charge is 0.493 e. The van der Waals surface area contributed by atoms with E-state index >= 15 is 0 Å². The highest BCUT2D eigenvalue weighted by atomic mass is 16.5. The van der Waals surface area contributed by atoms with Crippen molar-refractivity contribution >= 4 is 5.91 Å². The number of likely N-dealkylation sites (N-methyl/N-ethyl adjacent to an activating group) is 1. The van der Waals surface area contributed by atoms with Gasteiger partial charge in [-0.25, -0.2) is 0 Å². The van der Waals surface area contributed by atoms with Crippen LogP contribution >= 0.6 is 0 Å². The topological polar surface area (TPSA) is 45.3 Å². The summed E-state index contributed by atoms with van der Waals surface area (Å²) in [7, 11) is 5.99. The maximum atomic E-state index is 13.1. The zero-order valence-electron chi connectivity index (χ0n) is 17.4. The van der Waals surface area contributed by atoms with Crippen LogP contribution in [0.1, 0.15) is 42.5 Å². The molecule has 4 rings (SSSR count). The van der Waals surface area contributed by atoms with Crippen LogP contribution in [0.2, 0.25) is 0 Å². The van der Waals surface area contributed by atoms with Gasteiger partial charge >= 0.3 is 0 Å². The van der Waals surface area contributed by atoms with Gasteiger partial charge in [0.25, 0.3) is 5.91 Å². The molecule has 0 unspecified atom stereocenters. The molecular weight excluding hydrogens is 354 g/mol. The van der Waals surface area contributed by atoms with Gasteiger partial charge in [0.1, 0.15) is 6.10 Å². The minimum absolute atomic E-state index is 0.102. The monoisotopic (exact) mass is 387 g/mol. The summed E-state index contributed by atoms with van der Waals surface area (Å²) in [5.41, 5.74) is 0.688. The number of amides is 1. The van der Waals surface area contributed by atoms with Gasteiger partial charge in [-0.15, -0.1) is 0 Å². The maximum Gasteiger partial charge on any atom is 0.254 e. The van der Waals surface area contributed by atoms with E-state index in [9.17, 15) is 4.79 Å². The molecule has 3 saturated heterocycles. The molecule has 0 radical (unpaired) electrons. The van der Waals surface area contributed by atoms with Crippen LogP contribution in [0.25, 0.3) is 0 Å². The molecule has 6 nitrogen and oxygen atoms in total. The van der Waals surface area contributed by atoms with Gasteiger partial charge in [0.15, 0.2) is 11.5 Å². The number of methoxy groups -OCH3 is 1.